The number of carbonyl (C=O) groups is 1. The fourth-order valence-corrected chi connectivity index (χ4v) is 1.98. The van der Waals surface area contributed by atoms with Crippen LogP contribution in [0.25, 0.3) is 0 Å². The highest BCUT2D eigenvalue weighted by Gasteiger charge is 2.10. The molecule has 0 atom stereocenters. The van der Waals surface area contributed by atoms with Crippen LogP contribution in [0.5, 0.6) is 0 Å². The van der Waals surface area contributed by atoms with E-state index >= 15 is 0 Å². The van der Waals surface area contributed by atoms with Crippen molar-refractivity contribution in [1.29, 1.82) is 0 Å². The molecule has 0 spiro atoms. The number of hydrogen-bond donors (Lipinski definition) is 0. The van der Waals surface area contributed by atoms with Crippen molar-refractivity contribution in [3.05, 3.63) is 59.9 Å². The van der Waals surface area contributed by atoms with Crippen molar-refractivity contribution in [3.8, 4) is 0 Å². The van der Waals surface area contributed by atoms with E-state index in [9.17, 15) is 4.79 Å². The lowest BCUT2D eigenvalue weighted by Crippen LogP contribution is -2.26. The molecule has 3 nitrogen and oxygen atoms in total. The van der Waals surface area contributed by atoms with Gasteiger partial charge in [-0.15, -0.1) is 0 Å². The first-order valence-corrected chi connectivity index (χ1v) is 6.39. The summed E-state index contributed by atoms with van der Waals surface area (Å²) < 4.78 is 0. The lowest BCUT2D eigenvalue weighted by molar-refractivity contribution is -0.118. The molecule has 0 radical (unpaired) electrons. The molecule has 1 amide bonds. The summed E-state index contributed by atoms with van der Waals surface area (Å²) in [5.41, 5.74) is 3.26. The highest BCUT2D eigenvalue weighted by Crippen LogP contribution is 2.12. The summed E-state index contributed by atoms with van der Waals surface area (Å²) in [7, 11) is 1.79. The number of benzene rings is 1. The normalized spacial score (nSPS) is 10.2. The summed E-state index contributed by atoms with van der Waals surface area (Å²) in [5.74, 6) is 0.106. The van der Waals surface area contributed by atoms with Crippen LogP contribution in [-0.4, -0.2) is 17.9 Å². The molecule has 0 aliphatic carbocycles. The molecular formula is C16H18N2O. The zero-order valence-corrected chi connectivity index (χ0v) is 11.3. The minimum Gasteiger partial charge on any atom is -0.314 e. The van der Waals surface area contributed by atoms with E-state index in [-0.39, 0.29) is 5.91 Å². The maximum absolute atomic E-state index is 12.1. The van der Waals surface area contributed by atoms with Crippen molar-refractivity contribution in [2.75, 3.05) is 11.9 Å². The van der Waals surface area contributed by atoms with Crippen LogP contribution in [0, 0.1) is 6.92 Å². The molecule has 3 heteroatoms. The van der Waals surface area contributed by atoms with E-state index in [2.05, 4.69) is 30.1 Å². The van der Waals surface area contributed by atoms with Gasteiger partial charge in [0.2, 0.25) is 5.91 Å². The van der Waals surface area contributed by atoms with E-state index in [4.69, 9.17) is 0 Å². The minimum absolute atomic E-state index is 0.106. The lowest BCUT2D eigenvalue weighted by Gasteiger charge is -2.16. The molecule has 0 aliphatic rings. The number of anilines is 1. The summed E-state index contributed by atoms with van der Waals surface area (Å²) in [6.07, 6.45) is 4.68. The quantitative estimate of drug-likeness (QED) is 0.840. The highest BCUT2D eigenvalue weighted by molar-refractivity contribution is 5.92. The van der Waals surface area contributed by atoms with Gasteiger partial charge in [0.15, 0.2) is 0 Å². The first-order chi connectivity index (χ1) is 9.16. The zero-order valence-electron chi connectivity index (χ0n) is 11.3. The Bertz CT molecular complexity index is 552. The Morgan fingerprint density at radius 1 is 1.26 bits per heavy atom. The van der Waals surface area contributed by atoms with Gasteiger partial charge in [-0.05, 0) is 31.0 Å². The summed E-state index contributed by atoms with van der Waals surface area (Å²) >= 11 is 0. The third kappa shape index (κ3) is 3.65. The van der Waals surface area contributed by atoms with Crippen molar-refractivity contribution < 1.29 is 4.79 Å². The van der Waals surface area contributed by atoms with Gasteiger partial charge < -0.3 is 4.90 Å². The fourth-order valence-electron chi connectivity index (χ4n) is 1.98. The van der Waals surface area contributed by atoms with Crippen LogP contribution in [0.3, 0.4) is 0 Å². The average Bonchev–Trinajstić information content (AvgIpc) is 2.45. The fraction of sp³-hybridized carbons (Fsp3) is 0.250. The monoisotopic (exact) mass is 254 g/mol. The van der Waals surface area contributed by atoms with E-state index < -0.39 is 0 Å². The molecule has 1 heterocycles. The summed E-state index contributed by atoms with van der Waals surface area (Å²) in [5, 5.41) is 0. The van der Waals surface area contributed by atoms with Gasteiger partial charge in [0, 0.05) is 19.7 Å². The van der Waals surface area contributed by atoms with Gasteiger partial charge in [-0.2, -0.15) is 0 Å². The van der Waals surface area contributed by atoms with Gasteiger partial charge in [0.1, 0.15) is 0 Å². The van der Waals surface area contributed by atoms with E-state index in [0.717, 1.165) is 12.1 Å². The third-order valence-corrected chi connectivity index (χ3v) is 3.12. The third-order valence-electron chi connectivity index (χ3n) is 3.12. The van der Waals surface area contributed by atoms with E-state index in [1.165, 1.54) is 11.1 Å². The molecule has 0 unspecified atom stereocenters. The van der Waals surface area contributed by atoms with Gasteiger partial charge in [0.05, 0.1) is 11.9 Å². The molecule has 0 aliphatic heterocycles. The second-order valence-electron chi connectivity index (χ2n) is 4.65. The zero-order chi connectivity index (χ0) is 13.7. The van der Waals surface area contributed by atoms with Crippen LogP contribution in [0.2, 0.25) is 0 Å². The van der Waals surface area contributed by atoms with Gasteiger partial charge in [-0.1, -0.05) is 29.8 Å². The second-order valence-corrected chi connectivity index (χ2v) is 4.65. The van der Waals surface area contributed by atoms with Crippen LogP contribution in [0.1, 0.15) is 17.5 Å². The maximum Gasteiger partial charge on any atom is 0.227 e. The molecule has 98 valence electrons. The summed E-state index contributed by atoms with van der Waals surface area (Å²) in [6.45, 7) is 2.06. The molecule has 0 N–H and O–H groups in total. The van der Waals surface area contributed by atoms with E-state index in [1.54, 1.807) is 24.3 Å². The summed E-state index contributed by atoms with van der Waals surface area (Å²) in [6, 6.07) is 12.0. The van der Waals surface area contributed by atoms with E-state index in [0.29, 0.717) is 6.42 Å². The highest BCUT2D eigenvalue weighted by atomic mass is 16.2. The number of aryl methyl sites for hydroxylation is 2. The number of hydrogen-bond acceptors (Lipinski definition) is 2. The van der Waals surface area contributed by atoms with Crippen molar-refractivity contribution in [2.24, 2.45) is 0 Å². The SMILES string of the molecule is Cc1cccc(CCC(=O)N(C)c2cccnc2)c1. The van der Waals surface area contributed by atoms with Crippen molar-refractivity contribution >= 4 is 11.6 Å². The topological polar surface area (TPSA) is 33.2 Å². The van der Waals surface area contributed by atoms with Crippen LogP contribution in [0.15, 0.2) is 48.8 Å². The Morgan fingerprint density at radius 2 is 2.11 bits per heavy atom. The Morgan fingerprint density at radius 3 is 2.79 bits per heavy atom. The van der Waals surface area contributed by atoms with Crippen LogP contribution in [0.4, 0.5) is 5.69 Å². The van der Waals surface area contributed by atoms with Gasteiger partial charge in [0.25, 0.3) is 0 Å². The molecule has 0 bridgehead atoms. The number of nitrogens with zero attached hydrogens (tertiary/aromatic N) is 2. The largest absolute Gasteiger partial charge is 0.314 e. The number of pyridine rings is 1. The first-order valence-electron chi connectivity index (χ1n) is 6.39. The smallest absolute Gasteiger partial charge is 0.227 e. The molecule has 1 aromatic heterocycles. The Labute approximate surface area is 113 Å². The van der Waals surface area contributed by atoms with Crippen molar-refractivity contribution in [3.63, 3.8) is 0 Å². The Balaban J connectivity index is 1.95. The van der Waals surface area contributed by atoms with Gasteiger partial charge in [-0.3, -0.25) is 9.78 Å². The predicted molar refractivity (Wildman–Crippen MR) is 77.1 cm³/mol. The summed E-state index contributed by atoms with van der Waals surface area (Å²) in [4.78, 5) is 17.8. The second kappa shape index (κ2) is 6.14. The van der Waals surface area contributed by atoms with Gasteiger partial charge in [-0.25, -0.2) is 0 Å². The minimum atomic E-state index is 0.106. The molecular weight excluding hydrogens is 236 g/mol. The lowest BCUT2D eigenvalue weighted by atomic mass is 10.1. The van der Waals surface area contributed by atoms with Crippen molar-refractivity contribution in [1.82, 2.24) is 4.98 Å². The van der Waals surface area contributed by atoms with Crippen LogP contribution >= 0.6 is 0 Å². The number of carbonyl (C=O) groups excluding carboxylic acids is 1. The molecule has 0 fully saturated rings. The van der Waals surface area contributed by atoms with Crippen LogP contribution in [-0.2, 0) is 11.2 Å². The number of aromatic nitrogens is 1. The predicted octanol–water partition coefficient (Wildman–Crippen LogP) is 2.99. The average molecular weight is 254 g/mol. The maximum atomic E-state index is 12.1. The molecule has 1 aromatic carbocycles. The van der Waals surface area contributed by atoms with Gasteiger partial charge >= 0.3 is 0 Å². The molecule has 0 saturated heterocycles. The molecule has 2 rings (SSSR count). The standard InChI is InChI=1S/C16H18N2O/c1-13-5-3-6-14(11-13)8-9-16(19)18(2)15-7-4-10-17-12-15/h3-7,10-12H,8-9H2,1-2H3. The number of amides is 1. The van der Waals surface area contributed by atoms with Crippen molar-refractivity contribution in [2.45, 2.75) is 19.8 Å². The Hall–Kier alpha value is -2.16. The Kier molecular flexibility index (Phi) is 4.29. The first kappa shape index (κ1) is 13.3. The van der Waals surface area contributed by atoms with E-state index in [1.807, 2.05) is 18.2 Å². The number of rotatable bonds is 4. The van der Waals surface area contributed by atoms with Crippen LogP contribution < -0.4 is 4.90 Å². The molecule has 0 saturated carbocycles. The molecule has 19 heavy (non-hydrogen) atoms. The molecule has 2 aromatic rings.